The lowest BCUT2D eigenvalue weighted by atomic mass is 10.1. The Hall–Kier alpha value is -2.85. The average molecular weight is 483 g/mol. The Balaban J connectivity index is 0.000000404. The number of nitrogens with zero attached hydrogens (tertiary/aromatic N) is 1. The molecule has 1 aromatic carbocycles. The van der Waals surface area contributed by atoms with Gasteiger partial charge in [0.1, 0.15) is 24.1 Å². The highest BCUT2D eigenvalue weighted by molar-refractivity contribution is 5.81. The fourth-order valence-corrected chi connectivity index (χ4v) is 2.71. The van der Waals surface area contributed by atoms with Crippen molar-refractivity contribution in [2.75, 3.05) is 26.3 Å². The van der Waals surface area contributed by atoms with Gasteiger partial charge in [0.25, 0.3) is 0 Å². The summed E-state index contributed by atoms with van der Waals surface area (Å²) in [4.78, 5) is 34.7. The fourth-order valence-electron chi connectivity index (χ4n) is 2.71. The van der Waals surface area contributed by atoms with Crippen LogP contribution >= 0.6 is 0 Å². The number of nitrogens with one attached hydrogen (secondary N) is 1. The fraction of sp³-hybridized carbons (Fsp3) is 0.625. The van der Waals surface area contributed by atoms with Crippen molar-refractivity contribution < 1.29 is 38.8 Å². The molecule has 2 rings (SSSR count). The van der Waals surface area contributed by atoms with E-state index >= 15 is 0 Å². The third-order valence-corrected chi connectivity index (χ3v) is 4.54. The number of rotatable bonds is 8. The Bertz CT molecular complexity index is 825. The number of alkyl carbamates (subject to hydrolysis) is 1. The van der Waals surface area contributed by atoms with E-state index in [-0.39, 0.29) is 24.8 Å². The van der Waals surface area contributed by atoms with Crippen molar-refractivity contribution in [3.63, 3.8) is 0 Å². The monoisotopic (exact) mass is 482 g/mol. The molecular weight excluding hydrogens is 444 g/mol. The van der Waals surface area contributed by atoms with E-state index in [4.69, 9.17) is 19.3 Å². The van der Waals surface area contributed by atoms with Crippen LogP contribution in [0.15, 0.2) is 18.2 Å². The second-order valence-corrected chi connectivity index (χ2v) is 9.97. The molecule has 0 aliphatic carbocycles. The third-order valence-electron chi connectivity index (χ3n) is 4.54. The van der Waals surface area contributed by atoms with E-state index in [1.54, 1.807) is 45.9 Å². The number of carbonyl (C=O) groups is 3. The second-order valence-electron chi connectivity index (χ2n) is 9.97. The standard InChI is InChI=1S/C16H23NO5.C8H15NO3/c1-11-6-5-7-14(13(11)9-18)21-10-12(19)8-17-15(20)22-16(2,3)4;1-8(2,3)9(7(10)11)4-6-5-12-6/h5-7,9,12,19H,8,10H2,1-4H3,(H,17,20);6H,4-5H2,1-3H3,(H,10,11). The minimum absolute atomic E-state index is 0.00283. The van der Waals surface area contributed by atoms with Crippen molar-refractivity contribution in [1.82, 2.24) is 10.2 Å². The molecule has 1 aliphatic heterocycles. The van der Waals surface area contributed by atoms with E-state index in [0.29, 0.717) is 24.5 Å². The SMILES string of the molecule is CC(C)(C)N(CC1CO1)C(=O)O.Cc1cccc(OCC(O)CNC(=O)OC(C)(C)C)c1C=O. The largest absolute Gasteiger partial charge is 0.490 e. The summed E-state index contributed by atoms with van der Waals surface area (Å²) < 4.78 is 15.5. The lowest BCUT2D eigenvalue weighted by molar-refractivity contribution is 0.0462. The molecule has 1 aliphatic rings. The predicted molar refractivity (Wildman–Crippen MR) is 127 cm³/mol. The molecule has 0 spiro atoms. The molecular formula is C24H38N2O8. The number of ether oxygens (including phenoxy) is 3. The molecule has 2 amide bonds. The Morgan fingerprint density at radius 1 is 1.26 bits per heavy atom. The summed E-state index contributed by atoms with van der Waals surface area (Å²) in [5.41, 5.74) is 0.327. The Labute approximate surface area is 201 Å². The number of aliphatic hydroxyl groups excluding tert-OH is 1. The van der Waals surface area contributed by atoms with Crippen LogP contribution in [0.5, 0.6) is 5.75 Å². The minimum Gasteiger partial charge on any atom is -0.490 e. The molecule has 1 fully saturated rings. The lowest BCUT2D eigenvalue weighted by Gasteiger charge is -2.32. The van der Waals surface area contributed by atoms with Crippen LogP contribution < -0.4 is 10.1 Å². The van der Waals surface area contributed by atoms with Gasteiger partial charge in [-0.3, -0.25) is 4.79 Å². The molecule has 192 valence electrons. The Morgan fingerprint density at radius 2 is 1.88 bits per heavy atom. The first kappa shape index (κ1) is 29.2. The van der Waals surface area contributed by atoms with Gasteiger partial charge in [0.2, 0.25) is 0 Å². The molecule has 0 saturated carbocycles. The van der Waals surface area contributed by atoms with Gasteiger partial charge >= 0.3 is 12.2 Å². The van der Waals surface area contributed by atoms with Gasteiger partial charge in [-0.2, -0.15) is 0 Å². The number of benzene rings is 1. The van der Waals surface area contributed by atoms with Crippen molar-refractivity contribution in [2.45, 2.75) is 71.8 Å². The average Bonchev–Trinajstić information content (AvgIpc) is 3.51. The van der Waals surface area contributed by atoms with Gasteiger partial charge in [-0.1, -0.05) is 12.1 Å². The minimum atomic E-state index is -0.910. The maximum Gasteiger partial charge on any atom is 0.407 e. The highest BCUT2D eigenvalue weighted by Crippen LogP contribution is 2.20. The number of aldehydes is 1. The normalized spacial score (nSPS) is 15.8. The van der Waals surface area contributed by atoms with Gasteiger partial charge in [-0.25, -0.2) is 9.59 Å². The number of epoxide rings is 1. The molecule has 1 aromatic rings. The number of carbonyl (C=O) groups excluding carboxylic acids is 2. The smallest absolute Gasteiger partial charge is 0.407 e. The quantitative estimate of drug-likeness (QED) is 0.379. The van der Waals surface area contributed by atoms with Crippen molar-refractivity contribution in [3.8, 4) is 5.75 Å². The lowest BCUT2D eigenvalue weighted by Crippen LogP contribution is -2.46. The number of aryl methyl sites for hydroxylation is 1. The molecule has 3 N–H and O–H groups in total. The number of hydrogen-bond donors (Lipinski definition) is 3. The maximum absolute atomic E-state index is 11.5. The first-order chi connectivity index (χ1) is 15.6. The molecule has 0 radical (unpaired) electrons. The Kier molecular flexibility index (Phi) is 10.8. The molecule has 0 aromatic heterocycles. The van der Waals surface area contributed by atoms with Gasteiger partial charge in [-0.05, 0) is 60.1 Å². The van der Waals surface area contributed by atoms with Gasteiger partial charge < -0.3 is 34.6 Å². The third kappa shape index (κ3) is 11.3. The van der Waals surface area contributed by atoms with Gasteiger partial charge in [0, 0.05) is 5.54 Å². The van der Waals surface area contributed by atoms with Crippen molar-refractivity contribution in [1.29, 1.82) is 0 Å². The summed E-state index contributed by atoms with van der Waals surface area (Å²) in [6.07, 6.45) is -1.54. The van der Waals surface area contributed by atoms with Crippen LogP contribution in [0.1, 0.15) is 57.5 Å². The zero-order chi connectivity index (χ0) is 26.1. The first-order valence-corrected chi connectivity index (χ1v) is 11.1. The maximum atomic E-state index is 11.5. The van der Waals surface area contributed by atoms with E-state index in [9.17, 15) is 19.5 Å². The highest BCUT2D eigenvalue weighted by atomic mass is 16.6. The van der Waals surface area contributed by atoms with Crippen LogP contribution in [-0.2, 0) is 9.47 Å². The zero-order valence-corrected chi connectivity index (χ0v) is 21.1. The zero-order valence-electron chi connectivity index (χ0n) is 21.1. The highest BCUT2D eigenvalue weighted by Gasteiger charge is 2.33. The van der Waals surface area contributed by atoms with Gasteiger partial charge in [0.15, 0.2) is 6.29 Å². The van der Waals surface area contributed by atoms with E-state index in [1.807, 2.05) is 20.8 Å². The molecule has 34 heavy (non-hydrogen) atoms. The van der Waals surface area contributed by atoms with Crippen LogP contribution in [0.3, 0.4) is 0 Å². The summed E-state index contributed by atoms with van der Waals surface area (Å²) in [6, 6.07) is 5.23. The van der Waals surface area contributed by atoms with Crippen LogP contribution in [0, 0.1) is 6.92 Å². The van der Waals surface area contributed by atoms with Crippen molar-refractivity contribution >= 4 is 18.5 Å². The topological polar surface area (TPSA) is 138 Å². The van der Waals surface area contributed by atoms with E-state index in [1.165, 1.54) is 4.90 Å². The molecule has 10 nitrogen and oxygen atoms in total. The summed E-state index contributed by atoms with van der Waals surface area (Å²) in [7, 11) is 0. The van der Waals surface area contributed by atoms with E-state index in [2.05, 4.69) is 5.32 Å². The number of hydrogen-bond acceptors (Lipinski definition) is 7. The van der Waals surface area contributed by atoms with Gasteiger partial charge in [0.05, 0.1) is 31.4 Å². The predicted octanol–water partition coefficient (Wildman–Crippen LogP) is 3.24. The second kappa shape index (κ2) is 12.6. The summed E-state index contributed by atoms with van der Waals surface area (Å²) >= 11 is 0. The first-order valence-electron chi connectivity index (χ1n) is 11.1. The molecule has 1 heterocycles. The van der Waals surface area contributed by atoms with E-state index in [0.717, 1.165) is 11.8 Å². The number of aliphatic hydroxyl groups is 1. The molecule has 1 saturated heterocycles. The molecule has 2 unspecified atom stereocenters. The van der Waals surface area contributed by atoms with Crippen molar-refractivity contribution in [3.05, 3.63) is 29.3 Å². The Morgan fingerprint density at radius 3 is 2.35 bits per heavy atom. The van der Waals surface area contributed by atoms with Gasteiger partial charge in [-0.15, -0.1) is 0 Å². The van der Waals surface area contributed by atoms with E-state index < -0.39 is 23.9 Å². The number of carboxylic acid groups (broad SMARTS) is 1. The van der Waals surface area contributed by atoms with Crippen molar-refractivity contribution in [2.24, 2.45) is 0 Å². The number of amides is 2. The summed E-state index contributed by atoms with van der Waals surface area (Å²) in [6.45, 7) is 13.8. The van der Waals surface area contributed by atoms with Crippen LogP contribution in [-0.4, -0.2) is 83.2 Å². The summed E-state index contributed by atoms with van der Waals surface area (Å²) in [5, 5.41) is 21.1. The summed E-state index contributed by atoms with van der Waals surface area (Å²) in [5.74, 6) is 0.409. The van der Waals surface area contributed by atoms with Crippen LogP contribution in [0.2, 0.25) is 0 Å². The van der Waals surface area contributed by atoms with Crippen LogP contribution in [0.25, 0.3) is 0 Å². The molecule has 2 atom stereocenters. The van der Waals surface area contributed by atoms with Crippen LogP contribution in [0.4, 0.5) is 9.59 Å². The molecule has 10 heteroatoms. The molecule has 0 bridgehead atoms.